The number of nitrogens with zero attached hydrogens (tertiary/aromatic N) is 1. The van der Waals surface area contributed by atoms with Crippen molar-refractivity contribution in [3.8, 4) is 11.6 Å². The molecule has 0 spiro atoms. The molecular formula is C23H27NO5. The van der Waals surface area contributed by atoms with Crippen LogP contribution in [0.2, 0.25) is 0 Å². The normalized spacial score (nSPS) is 15.9. The van der Waals surface area contributed by atoms with Gasteiger partial charge >= 0.3 is 5.97 Å². The van der Waals surface area contributed by atoms with Gasteiger partial charge in [0.1, 0.15) is 5.41 Å². The number of carboxylic acid groups (broad SMARTS) is 1. The number of hydrogen-bond acceptors (Lipinski definition) is 5. The summed E-state index contributed by atoms with van der Waals surface area (Å²) in [5.41, 5.74) is 0.00779. The maximum atomic E-state index is 13.2. The zero-order valence-corrected chi connectivity index (χ0v) is 16.7. The van der Waals surface area contributed by atoms with Crippen molar-refractivity contribution in [2.45, 2.75) is 44.9 Å². The predicted octanol–water partition coefficient (Wildman–Crippen LogP) is 4.32. The summed E-state index contributed by atoms with van der Waals surface area (Å²) in [5, 5.41) is 9.89. The van der Waals surface area contributed by atoms with Crippen molar-refractivity contribution in [2.75, 3.05) is 13.7 Å². The maximum Gasteiger partial charge on any atom is 0.317 e. The van der Waals surface area contributed by atoms with Crippen molar-refractivity contribution < 1.29 is 24.2 Å². The Labute approximate surface area is 170 Å². The van der Waals surface area contributed by atoms with E-state index in [1.165, 1.54) is 13.3 Å². The van der Waals surface area contributed by atoms with Crippen LogP contribution < -0.4 is 9.47 Å². The number of Topliss-reactive ketones (excluding diaryl/α,β-unsaturated/α-hetero) is 1. The van der Waals surface area contributed by atoms with E-state index in [2.05, 4.69) is 4.98 Å². The SMILES string of the molecule is COc1ncc(C(=O)C2(C(=O)O)CCCCCC2)cc1OCCc1ccccc1. The molecule has 0 radical (unpaired) electrons. The molecule has 1 aliphatic rings. The Bertz CT molecular complexity index is 842. The highest BCUT2D eigenvalue weighted by Gasteiger charge is 2.46. The Hall–Kier alpha value is -2.89. The van der Waals surface area contributed by atoms with E-state index < -0.39 is 17.2 Å². The fraction of sp³-hybridized carbons (Fsp3) is 0.435. The van der Waals surface area contributed by atoms with E-state index >= 15 is 0 Å². The zero-order valence-electron chi connectivity index (χ0n) is 16.7. The summed E-state index contributed by atoms with van der Waals surface area (Å²) < 4.78 is 11.1. The number of hydrogen-bond donors (Lipinski definition) is 1. The largest absolute Gasteiger partial charge is 0.488 e. The van der Waals surface area contributed by atoms with E-state index in [4.69, 9.17) is 9.47 Å². The third kappa shape index (κ3) is 4.75. The fourth-order valence-corrected chi connectivity index (χ4v) is 3.88. The first-order valence-corrected chi connectivity index (χ1v) is 10.1. The van der Waals surface area contributed by atoms with Crippen LogP contribution >= 0.6 is 0 Å². The number of carbonyl (C=O) groups is 2. The number of rotatable bonds is 8. The summed E-state index contributed by atoms with van der Waals surface area (Å²) in [6, 6.07) is 11.5. The van der Waals surface area contributed by atoms with Gasteiger partial charge in [0.05, 0.1) is 13.7 Å². The lowest BCUT2D eigenvalue weighted by molar-refractivity contribution is -0.146. The molecule has 6 heteroatoms. The monoisotopic (exact) mass is 397 g/mol. The molecule has 0 aliphatic heterocycles. The molecule has 0 amide bonds. The summed E-state index contributed by atoms with van der Waals surface area (Å²) in [6.45, 7) is 0.393. The highest BCUT2D eigenvalue weighted by Crippen LogP contribution is 2.39. The first-order chi connectivity index (χ1) is 14.1. The van der Waals surface area contributed by atoms with Gasteiger partial charge in [-0.15, -0.1) is 0 Å². The molecule has 1 saturated carbocycles. The molecule has 0 unspecified atom stereocenters. The van der Waals surface area contributed by atoms with Gasteiger partial charge in [0, 0.05) is 18.2 Å². The fourth-order valence-electron chi connectivity index (χ4n) is 3.88. The van der Waals surface area contributed by atoms with Gasteiger partial charge in [-0.3, -0.25) is 9.59 Å². The second-order valence-corrected chi connectivity index (χ2v) is 7.45. The topological polar surface area (TPSA) is 85.7 Å². The van der Waals surface area contributed by atoms with Gasteiger partial charge in [-0.05, 0) is 24.5 Å². The van der Waals surface area contributed by atoms with Crippen molar-refractivity contribution in [1.82, 2.24) is 4.98 Å². The Kier molecular flexibility index (Phi) is 6.86. The minimum atomic E-state index is -1.38. The zero-order chi connectivity index (χ0) is 20.7. The molecule has 1 fully saturated rings. The summed E-state index contributed by atoms with van der Waals surface area (Å²) >= 11 is 0. The van der Waals surface area contributed by atoms with Crippen LogP contribution in [0.3, 0.4) is 0 Å². The van der Waals surface area contributed by atoms with Crippen LogP contribution in [-0.2, 0) is 11.2 Å². The standard InChI is InChI=1S/C23H27NO5/c1-28-21-19(29-14-11-17-9-5-4-6-10-17)15-18(16-24-21)20(25)23(22(26)27)12-7-2-3-8-13-23/h4-6,9-10,15-16H,2-3,7-8,11-14H2,1H3,(H,26,27). The molecule has 0 bridgehead atoms. The lowest BCUT2D eigenvalue weighted by Crippen LogP contribution is -2.39. The molecule has 0 saturated heterocycles. The van der Waals surface area contributed by atoms with Crippen molar-refractivity contribution >= 4 is 11.8 Å². The van der Waals surface area contributed by atoms with Gasteiger partial charge in [0.25, 0.3) is 5.88 Å². The lowest BCUT2D eigenvalue weighted by Gasteiger charge is -2.26. The van der Waals surface area contributed by atoms with Gasteiger partial charge in [0.2, 0.25) is 0 Å². The highest BCUT2D eigenvalue weighted by molar-refractivity contribution is 6.12. The second kappa shape index (κ2) is 9.54. The highest BCUT2D eigenvalue weighted by atomic mass is 16.5. The quantitative estimate of drug-likeness (QED) is 0.406. The molecule has 154 valence electrons. The molecule has 0 atom stereocenters. The van der Waals surface area contributed by atoms with Crippen molar-refractivity contribution in [3.05, 3.63) is 53.7 Å². The molecular weight excluding hydrogens is 370 g/mol. The first kappa shape index (κ1) is 20.8. The summed E-state index contributed by atoms with van der Waals surface area (Å²) in [4.78, 5) is 29.5. The average Bonchev–Trinajstić information content (AvgIpc) is 3.01. The number of methoxy groups -OCH3 is 1. The smallest absolute Gasteiger partial charge is 0.317 e. The summed E-state index contributed by atoms with van der Waals surface area (Å²) in [6.07, 6.45) is 6.19. The van der Waals surface area contributed by atoms with Crippen molar-refractivity contribution in [1.29, 1.82) is 0 Å². The number of aliphatic carboxylic acids is 1. The van der Waals surface area contributed by atoms with E-state index in [9.17, 15) is 14.7 Å². The maximum absolute atomic E-state index is 13.2. The predicted molar refractivity (Wildman–Crippen MR) is 109 cm³/mol. The number of carboxylic acids is 1. The number of benzene rings is 1. The Morgan fingerprint density at radius 2 is 1.79 bits per heavy atom. The second-order valence-electron chi connectivity index (χ2n) is 7.45. The molecule has 1 aliphatic carbocycles. The summed E-state index contributed by atoms with van der Waals surface area (Å²) in [5.74, 6) is -0.815. The van der Waals surface area contributed by atoms with E-state index in [1.807, 2.05) is 30.3 Å². The van der Waals surface area contributed by atoms with Crippen molar-refractivity contribution in [2.24, 2.45) is 5.41 Å². The van der Waals surface area contributed by atoms with E-state index in [0.29, 0.717) is 31.6 Å². The van der Waals surface area contributed by atoms with Crippen LogP contribution in [0.1, 0.15) is 54.4 Å². The van der Waals surface area contributed by atoms with Gasteiger partial charge in [-0.1, -0.05) is 56.0 Å². The van der Waals surface area contributed by atoms with Crippen LogP contribution in [-0.4, -0.2) is 35.6 Å². The minimum absolute atomic E-state index is 0.254. The number of aromatic nitrogens is 1. The molecule has 2 aromatic rings. The van der Waals surface area contributed by atoms with Crippen molar-refractivity contribution in [3.63, 3.8) is 0 Å². The summed E-state index contributed by atoms with van der Waals surface area (Å²) in [7, 11) is 1.48. The van der Waals surface area contributed by atoms with Crippen LogP contribution in [0.4, 0.5) is 0 Å². The van der Waals surface area contributed by atoms with Gasteiger partial charge in [-0.2, -0.15) is 0 Å². The van der Waals surface area contributed by atoms with Gasteiger partial charge in [-0.25, -0.2) is 4.98 Å². The molecule has 3 rings (SSSR count). The molecule has 6 nitrogen and oxygen atoms in total. The van der Waals surface area contributed by atoms with Gasteiger partial charge in [0.15, 0.2) is 11.5 Å². The van der Waals surface area contributed by atoms with Crippen LogP contribution in [0.5, 0.6) is 11.6 Å². The Morgan fingerprint density at radius 1 is 1.10 bits per heavy atom. The Balaban J connectivity index is 1.81. The molecule has 29 heavy (non-hydrogen) atoms. The number of ketones is 1. The average molecular weight is 397 g/mol. The molecule has 1 aromatic heterocycles. The van der Waals surface area contributed by atoms with E-state index in [1.54, 1.807) is 6.07 Å². The molecule has 1 N–H and O–H groups in total. The lowest BCUT2D eigenvalue weighted by atomic mass is 9.74. The van der Waals surface area contributed by atoms with Gasteiger partial charge < -0.3 is 14.6 Å². The third-order valence-corrected chi connectivity index (χ3v) is 5.57. The van der Waals surface area contributed by atoms with E-state index in [0.717, 1.165) is 31.2 Å². The minimum Gasteiger partial charge on any atom is -0.488 e. The molecule has 1 heterocycles. The van der Waals surface area contributed by atoms with E-state index in [-0.39, 0.29) is 11.4 Å². The Morgan fingerprint density at radius 3 is 2.41 bits per heavy atom. The van der Waals surface area contributed by atoms with Crippen LogP contribution in [0.25, 0.3) is 0 Å². The number of carbonyl (C=O) groups excluding carboxylic acids is 1. The third-order valence-electron chi connectivity index (χ3n) is 5.57. The van der Waals surface area contributed by atoms with Crippen LogP contribution in [0, 0.1) is 5.41 Å². The number of ether oxygens (including phenoxy) is 2. The number of pyridine rings is 1. The molecule has 1 aromatic carbocycles. The first-order valence-electron chi connectivity index (χ1n) is 10.1. The van der Waals surface area contributed by atoms with Crippen LogP contribution in [0.15, 0.2) is 42.6 Å².